The van der Waals surface area contributed by atoms with E-state index in [9.17, 15) is 0 Å². The minimum atomic E-state index is 0.0382. The number of hydrogen-bond donors (Lipinski definition) is 0. The Morgan fingerprint density at radius 2 is 1.13 bits per heavy atom. The van der Waals surface area contributed by atoms with Gasteiger partial charge in [-0.1, -0.05) is 118 Å². The van der Waals surface area contributed by atoms with E-state index >= 15 is 0 Å². The minimum absolute atomic E-state index is 0.0382. The van der Waals surface area contributed by atoms with Crippen LogP contribution in [0.4, 0.5) is 5.69 Å². The third kappa shape index (κ3) is 8.20. The van der Waals surface area contributed by atoms with E-state index in [1.807, 2.05) is 0 Å². The number of pyridine rings is 2. The second-order valence-corrected chi connectivity index (χ2v) is 16.6. The molecule has 0 atom stereocenters. The van der Waals surface area contributed by atoms with E-state index in [0.717, 1.165) is 50.2 Å². The van der Waals surface area contributed by atoms with Crippen LogP contribution in [-0.4, -0.2) is 15.7 Å². The molecule has 0 unspecified atom stereocenters. The van der Waals surface area contributed by atoms with Crippen LogP contribution in [0.2, 0.25) is 0 Å². The number of hydrogen-bond acceptors (Lipinski definition) is 3. The van der Waals surface area contributed by atoms with Crippen molar-refractivity contribution in [2.45, 2.75) is 98.8 Å². The molecule has 0 aliphatic heterocycles. The zero-order chi connectivity index (χ0) is 34.0. The molecule has 5 aromatic rings. The zero-order valence-corrected chi connectivity index (χ0v) is 31.7. The van der Waals surface area contributed by atoms with Crippen LogP contribution in [0.3, 0.4) is 0 Å². The number of para-hydroxylation sites is 1. The average Bonchev–Trinajstić information content (AvgIpc) is 2.99. The van der Waals surface area contributed by atoms with E-state index in [1.165, 1.54) is 22.3 Å². The van der Waals surface area contributed by atoms with Gasteiger partial charge in [0, 0.05) is 16.3 Å². The van der Waals surface area contributed by atoms with E-state index in [0.29, 0.717) is 11.8 Å². The number of rotatable bonds is 5. The molecular formula is C40H47Cl2FeN3. The molecule has 2 aromatic heterocycles. The van der Waals surface area contributed by atoms with Crippen molar-refractivity contribution in [1.82, 2.24) is 9.97 Å². The molecule has 0 radical (unpaired) electrons. The fourth-order valence-corrected chi connectivity index (χ4v) is 5.64. The predicted molar refractivity (Wildman–Crippen MR) is 198 cm³/mol. The van der Waals surface area contributed by atoms with Crippen molar-refractivity contribution in [3.8, 4) is 11.3 Å². The van der Waals surface area contributed by atoms with Crippen LogP contribution < -0.4 is 0 Å². The Morgan fingerprint density at radius 1 is 0.674 bits per heavy atom. The number of aliphatic imine (C=N–C) groups is 1. The predicted octanol–water partition coefficient (Wildman–Crippen LogP) is 12.8. The maximum absolute atomic E-state index is 5.28. The van der Waals surface area contributed by atoms with Crippen molar-refractivity contribution < 1.29 is 13.1 Å². The zero-order valence-electron chi connectivity index (χ0n) is 29.0. The van der Waals surface area contributed by atoms with Crippen LogP contribution in [0, 0.1) is 0 Å². The summed E-state index contributed by atoms with van der Waals surface area (Å²) >= 11 is 0.194. The molecule has 0 spiro atoms. The summed E-state index contributed by atoms with van der Waals surface area (Å²) in [5, 5.41) is 2.17. The Hall–Kier alpha value is -2.75. The van der Waals surface area contributed by atoms with Crippen LogP contribution in [0.1, 0.15) is 116 Å². The summed E-state index contributed by atoms with van der Waals surface area (Å²) in [6.45, 7) is 24.7. The van der Waals surface area contributed by atoms with Crippen molar-refractivity contribution in [2.75, 3.05) is 0 Å². The first-order valence-corrected chi connectivity index (χ1v) is 19.0. The van der Waals surface area contributed by atoms with Gasteiger partial charge in [0.25, 0.3) is 0 Å². The Labute approximate surface area is 290 Å². The van der Waals surface area contributed by atoms with Crippen LogP contribution in [0.15, 0.2) is 77.8 Å². The number of halogens is 2. The molecule has 6 heteroatoms. The van der Waals surface area contributed by atoms with Gasteiger partial charge < -0.3 is 0 Å². The third-order valence-corrected chi connectivity index (χ3v) is 8.47. The molecule has 3 nitrogen and oxygen atoms in total. The molecule has 0 bridgehead atoms. The van der Waals surface area contributed by atoms with E-state index in [4.69, 9.17) is 35.2 Å². The van der Waals surface area contributed by atoms with Gasteiger partial charge in [-0.25, -0.2) is 9.97 Å². The van der Waals surface area contributed by atoms with Gasteiger partial charge in [-0.2, -0.15) is 0 Å². The summed E-state index contributed by atoms with van der Waals surface area (Å²) in [6, 6.07) is 26.4. The van der Waals surface area contributed by atoms with Crippen molar-refractivity contribution in [2.24, 2.45) is 4.99 Å². The van der Waals surface area contributed by atoms with Gasteiger partial charge in [0.1, 0.15) is 0 Å². The van der Waals surface area contributed by atoms with Gasteiger partial charge in [0.05, 0.1) is 33.8 Å². The van der Waals surface area contributed by atoms with E-state index in [-0.39, 0.29) is 24.0 Å². The second-order valence-electron chi connectivity index (χ2n) is 14.7. The quantitative estimate of drug-likeness (QED) is 0.104. The first-order chi connectivity index (χ1) is 21.5. The Morgan fingerprint density at radius 3 is 1.61 bits per heavy atom. The first-order valence-electron chi connectivity index (χ1n) is 16.0. The fourth-order valence-electron chi connectivity index (χ4n) is 5.64. The summed E-state index contributed by atoms with van der Waals surface area (Å²) in [7, 11) is 9.53. The molecule has 3 aromatic carbocycles. The molecule has 0 N–H and O–H groups in total. The standard InChI is InChI=1S/C40H47N3.2ClH.Fe/c1-24(2)32-13-12-14-33(25(3)4)38(32)41-26(5)34-19-17-27-15-16-28-18-20-35(43-37(28)36(27)42-34)29-21-30(39(6,7)8)23-31(22-29)40(9,10)11;;;/h12-25H,1-11H3;2*1H;/q;;;+2/p-2. The van der Waals surface area contributed by atoms with Gasteiger partial charge in [0.2, 0.25) is 0 Å². The van der Waals surface area contributed by atoms with Crippen molar-refractivity contribution in [3.05, 3.63) is 101 Å². The van der Waals surface area contributed by atoms with Crippen LogP contribution >= 0.6 is 20.2 Å². The molecule has 0 amide bonds. The SMILES string of the molecule is CC(=Nc1c(C(C)C)cccc1C(C)C)c1ccc2ccc3ccc(-c4cc(C(C)(C)C)cc(C(C)(C)C)c4)nc3c2n1.[Cl][Fe][Cl]. The Balaban J connectivity index is 0.00000154. The fraction of sp³-hybridized carbons (Fsp3) is 0.375. The van der Waals surface area contributed by atoms with Crippen LogP contribution in [-0.2, 0) is 24.0 Å². The van der Waals surface area contributed by atoms with Gasteiger partial charge in [0.15, 0.2) is 0 Å². The Kier molecular flexibility index (Phi) is 11.4. The molecule has 0 saturated heterocycles. The van der Waals surface area contributed by atoms with Crippen molar-refractivity contribution in [3.63, 3.8) is 0 Å². The maximum atomic E-state index is 5.28. The molecule has 244 valence electrons. The number of nitrogens with zero attached hydrogens (tertiary/aromatic N) is 3. The van der Waals surface area contributed by atoms with Crippen molar-refractivity contribution in [1.29, 1.82) is 0 Å². The number of benzene rings is 3. The molecular weight excluding hydrogens is 649 g/mol. The third-order valence-electron chi connectivity index (χ3n) is 8.47. The monoisotopic (exact) mass is 695 g/mol. The summed E-state index contributed by atoms with van der Waals surface area (Å²) in [6.07, 6.45) is 0. The van der Waals surface area contributed by atoms with E-state index in [1.54, 1.807) is 0 Å². The van der Waals surface area contributed by atoms with Gasteiger partial charge in [-0.15, -0.1) is 0 Å². The molecule has 46 heavy (non-hydrogen) atoms. The molecule has 0 aliphatic rings. The van der Waals surface area contributed by atoms with Crippen LogP contribution in [0.5, 0.6) is 0 Å². The van der Waals surface area contributed by atoms with Gasteiger partial charge in [-0.3, -0.25) is 4.99 Å². The van der Waals surface area contributed by atoms with Crippen LogP contribution in [0.25, 0.3) is 33.1 Å². The molecule has 2 heterocycles. The summed E-state index contributed by atoms with van der Waals surface area (Å²) < 4.78 is 0. The Bertz CT molecular complexity index is 1820. The van der Waals surface area contributed by atoms with E-state index in [2.05, 4.69) is 149 Å². The summed E-state index contributed by atoms with van der Waals surface area (Å²) in [5.74, 6) is 0.772. The molecule has 0 saturated carbocycles. The summed E-state index contributed by atoms with van der Waals surface area (Å²) in [5.41, 5.74) is 12.1. The molecule has 5 rings (SSSR count). The second kappa shape index (κ2) is 14.6. The number of aromatic nitrogens is 2. The first kappa shape index (κ1) is 36.1. The summed E-state index contributed by atoms with van der Waals surface area (Å²) in [4.78, 5) is 15.7. The van der Waals surface area contributed by atoms with E-state index < -0.39 is 0 Å². The topological polar surface area (TPSA) is 38.1 Å². The number of fused-ring (bicyclic) bond motifs is 3. The van der Waals surface area contributed by atoms with Crippen molar-refractivity contribution >= 4 is 53.4 Å². The normalized spacial score (nSPS) is 12.7. The van der Waals surface area contributed by atoms with Gasteiger partial charge >= 0.3 is 33.3 Å². The molecule has 0 aliphatic carbocycles. The van der Waals surface area contributed by atoms with Gasteiger partial charge in [-0.05, 0) is 76.1 Å². The molecule has 0 fully saturated rings. The average molecular weight is 697 g/mol.